The number of hydrogen-bond donors (Lipinski definition) is 1. The summed E-state index contributed by atoms with van der Waals surface area (Å²) in [6.45, 7) is 2.29. The Morgan fingerprint density at radius 1 is 1.28 bits per heavy atom. The van der Waals surface area contributed by atoms with Crippen molar-refractivity contribution in [2.45, 2.75) is 51.5 Å². The standard InChI is InChI=1S/C15H21BrFN/c1-2-11-4-3-5-13(8-6-11)18-15-9-7-12(17)10-14(15)16/h7,9-11,13,18H,2-6,8H2,1H3. The molecule has 0 aromatic heterocycles. The van der Waals surface area contributed by atoms with Crippen LogP contribution >= 0.6 is 15.9 Å². The van der Waals surface area contributed by atoms with Crippen LogP contribution in [-0.2, 0) is 0 Å². The Balaban J connectivity index is 1.96. The topological polar surface area (TPSA) is 12.0 Å². The van der Waals surface area contributed by atoms with Crippen LogP contribution in [0.3, 0.4) is 0 Å². The van der Waals surface area contributed by atoms with Crippen molar-refractivity contribution in [1.82, 2.24) is 0 Å². The summed E-state index contributed by atoms with van der Waals surface area (Å²) in [5.74, 6) is 0.702. The molecule has 1 aliphatic carbocycles. The molecule has 0 spiro atoms. The predicted molar refractivity (Wildman–Crippen MR) is 78.4 cm³/mol. The van der Waals surface area contributed by atoms with E-state index in [4.69, 9.17) is 0 Å². The van der Waals surface area contributed by atoms with Gasteiger partial charge in [-0.15, -0.1) is 0 Å². The van der Waals surface area contributed by atoms with Gasteiger partial charge in [0.15, 0.2) is 0 Å². The van der Waals surface area contributed by atoms with Crippen molar-refractivity contribution in [2.75, 3.05) is 5.32 Å². The van der Waals surface area contributed by atoms with Gasteiger partial charge in [0.2, 0.25) is 0 Å². The number of rotatable bonds is 3. The molecule has 0 amide bonds. The third-order valence-electron chi connectivity index (χ3n) is 3.96. The van der Waals surface area contributed by atoms with Crippen molar-refractivity contribution in [3.8, 4) is 0 Å². The molecule has 0 saturated heterocycles. The van der Waals surface area contributed by atoms with E-state index in [1.807, 2.05) is 6.07 Å². The Morgan fingerprint density at radius 2 is 2.11 bits per heavy atom. The van der Waals surface area contributed by atoms with Crippen LogP contribution in [0, 0.1) is 11.7 Å². The first kappa shape index (κ1) is 13.9. The lowest BCUT2D eigenvalue weighted by Gasteiger charge is -2.19. The minimum Gasteiger partial charge on any atom is -0.381 e. The smallest absolute Gasteiger partial charge is 0.124 e. The molecule has 1 aromatic carbocycles. The van der Waals surface area contributed by atoms with Crippen molar-refractivity contribution in [1.29, 1.82) is 0 Å². The lowest BCUT2D eigenvalue weighted by Crippen LogP contribution is -2.18. The second-order valence-electron chi connectivity index (χ2n) is 5.25. The number of halogens is 2. The van der Waals surface area contributed by atoms with Gasteiger partial charge in [0.25, 0.3) is 0 Å². The molecule has 1 N–H and O–H groups in total. The minimum absolute atomic E-state index is 0.195. The maximum Gasteiger partial charge on any atom is 0.124 e. The zero-order valence-corrected chi connectivity index (χ0v) is 12.5. The molecule has 18 heavy (non-hydrogen) atoms. The van der Waals surface area contributed by atoms with Gasteiger partial charge in [-0.05, 0) is 59.3 Å². The van der Waals surface area contributed by atoms with Crippen LogP contribution in [0.15, 0.2) is 22.7 Å². The largest absolute Gasteiger partial charge is 0.381 e. The van der Waals surface area contributed by atoms with Crippen LogP contribution in [0.4, 0.5) is 10.1 Å². The molecule has 1 saturated carbocycles. The summed E-state index contributed by atoms with van der Waals surface area (Å²) >= 11 is 3.42. The molecular weight excluding hydrogens is 293 g/mol. The highest BCUT2D eigenvalue weighted by molar-refractivity contribution is 9.10. The maximum absolute atomic E-state index is 13.0. The van der Waals surface area contributed by atoms with Crippen molar-refractivity contribution in [2.24, 2.45) is 5.92 Å². The molecule has 0 radical (unpaired) electrons. The highest BCUT2D eigenvalue weighted by atomic mass is 79.9. The SMILES string of the molecule is CCC1CCCC(Nc2ccc(F)cc2Br)CC1. The fourth-order valence-corrected chi connectivity index (χ4v) is 3.22. The molecule has 100 valence electrons. The summed E-state index contributed by atoms with van der Waals surface area (Å²) in [4.78, 5) is 0. The molecule has 0 aliphatic heterocycles. The summed E-state index contributed by atoms with van der Waals surface area (Å²) in [6.07, 6.45) is 7.72. The third kappa shape index (κ3) is 3.71. The van der Waals surface area contributed by atoms with Crippen LogP contribution in [0.1, 0.15) is 45.4 Å². The van der Waals surface area contributed by atoms with E-state index < -0.39 is 0 Å². The van der Waals surface area contributed by atoms with E-state index in [0.717, 1.165) is 16.1 Å². The van der Waals surface area contributed by atoms with Gasteiger partial charge in [0.05, 0.1) is 0 Å². The zero-order valence-electron chi connectivity index (χ0n) is 10.9. The molecule has 2 atom stereocenters. The summed E-state index contributed by atoms with van der Waals surface area (Å²) in [5, 5.41) is 3.55. The van der Waals surface area contributed by atoms with E-state index >= 15 is 0 Å². The molecule has 2 rings (SSSR count). The number of anilines is 1. The first-order valence-electron chi connectivity index (χ1n) is 6.90. The highest BCUT2D eigenvalue weighted by Gasteiger charge is 2.18. The minimum atomic E-state index is -0.195. The fourth-order valence-electron chi connectivity index (χ4n) is 2.76. The van der Waals surface area contributed by atoms with Gasteiger partial charge in [-0.2, -0.15) is 0 Å². The maximum atomic E-state index is 13.0. The summed E-state index contributed by atoms with van der Waals surface area (Å²) in [5.41, 5.74) is 1.01. The van der Waals surface area contributed by atoms with E-state index in [9.17, 15) is 4.39 Å². The van der Waals surface area contributed by atoms with Crippen molar-refractivity contribution >= 4 is 21.6 Å². The Labute approximate surface area is 117 Å². The molecule has 3 heteroatoms. The van der Waals surface area contributed by atoms with Gasteiger partial charge < -0.3 is 5.32 Å². The van der Waals surface area contributed by atoms with E-state index in [0.29, 0.717) is 6.04 Å². The average Bonchev–Trinajstić information content (AvgIpc) is 2.58. The van der Waals surface area contributed by atoms with Crippen LogP contribution in [0.25, 0.3) is 0 Å². The Hall–Kier alpha value is -0.570. The number of benzene rings is 1. The first-order valence-corrected chi connectivity index (χ1v) is 7.70. The third-order valence-corrected chi connectivity index (χ3v) is 4.61. The molecule has 1 aromatic rings. The van der Waals surface area contributed by atoms with E-state index in [1.165, 1.54) is 50.7 Å². The Kier molecular flexibility index (Phi) is 5.04. The van der Waals surface area contributed by atoms with Gasteiger partial charge in [-0.1, -0.05) is 26.2 Å². The molecule has 2 unspecified atom stereocenters. The summed E-state index contributed by atoms with van der Waals surface area (Å²) < 4.78 is 13.8. The number of hydrogen-bond acceptors (Lipinski definition) is 1. The van der Waals surface area contributed by atoms with Gasteiger partial charge in [0.1, 0.15) is 5.82 Å². The molecule has 1 fully saturated rings. The molecule has 0 heterocycles. The second kappa shape index (κ2) is 6.55. The van der Waals surface area contributed by atoms with Gasteiger partial charge in [-0.25, -0.2) is 4.39 Å². The lowest BCUT2D eigenvalue weighted by atomic mass is 9.98. The van der Waals surface area contributed by atoms with Crippen LogP contribution in [-0.4, -0.2) is 6.04 Å². The molecule has 1 aliphatic rings. The second-order valence-corrected chi connectivity index (χ2v) is 6.10. The predicted octanol–water partition coefficient (Wildman–Crippen LogP) is 5.36. The Bertz CT molecular complexity index is 394. The first-order chi connectivity index (χ1) is 8.69. The molecular formula is C15H21BrFN. The van der Waals surface area contributed by atoms with E-state index in [1.54, 1.807) is 0 Å². The summed E-state index contributed by atoms with van der Waals surface area (Å²) in [7, 11) is 0. The number of nitrogens with one attached hydrogen (secondary N) is 1. The quantitative estimate of drug-likeness (QED) is 0.741. The monoisotopic (exact) mass is 313 g/mol. The zero-order chi connectivity index (χ0) is 13.0. The van der Waals surface area contributed by atoms with Gasteiger partial charge in [0, 0.05) is 16.2 Å². The van der Waals surface area contributed by atoms with Gasteiger partial charge >= 0.3 is 0 Å². The molecule has 0 bridgehead atoms. The van der Waals surface area contributed by atoms with E-state index in [2.05, 4.69) is 28.2 Å². The van der Waals surface area contributed by atoms with Crippen molar-refractivity contribution in [3.05, 3.63) is 28.5 Å². The van der Waals surface area contributed by atoms with Crippen molar-refractivity contribution < 1.29 is 4.39 Å². The van der Waals surface area contributed by atoms with Crippen LogP contribution in [0.2, 0.25) is 0 Å². The van der Waals surface area contributed by atoms with Crippen LogP contribution in [0.5, 0.6) is 0 Å². The van der Waals surface area contributed by atoms with Gasteiger partial charge in [-0.3, -0.25) is 0 Å². The molecule has 1 nitrogen and oxygen atoms in total. The average molecular weight is 314 g/mol. The van der Waals surface area contributed by atoms with E-state index in [-0.39, 0.29) is 5.82 Å². The Morgan fingerprint density at radius 3 is 2.83 bits per heavy atom. The van der Waals surface area contributed by atoms with Crippen molar-refractivity contribution in [3.63, 3.8) is 0 Å². The normalized spacial score (nSPS) is 24.6. The summed E-state index contributed by atoms with van der Waals surface area (Å²) in [6, 6.07) is 5.39. The lowest BCUT2D eigenvalue weighted by molar-refractivity contribution is 0.444. The fraction of sp³-hybridized carbons (Fsp3) is 0.600. The highest BCUT2D eigenvalue weighted by Crippen LogP contribution is 2.29. The van der Waals surface area contributed by atoms with Crippen LogP contribution < -0.4 is 5.32 Å².